The number of fused-ring (bicyclic) bond motifs is 1. The van der Waals surface area contributed by atoms with Gasteiger partial charge in [-0.05, 0) is 65.2 Å². The lowest BCUT2D eigenvalue weighted by atomic mass is 10.1. The lowest BCUT2D eigenvalue weighted by molar-refractivity contribution is -0.122. The Kier molecular flexibility index (Phi) is 5.69. The lowest BCUT2D eigenvalue weighted by Crippen LogP contribution is -2.54. The SMILES string of the molecule is CC[C@H](C)Oc1ccc(/C=C2\C(=O)NC(=O)N(c3ccc4c(c3)OCO4)C2=O)cc1Br. The Bertz CT molecular complexity index is 1110. The van der Waals surface area contributed by atoms with Crippen LogP contribution in [-0.2, 0) is 9.59 Å². The Morgan fingerprint density at radius 3 is 2.68 bits per heavy atom. The van der Waals surface area contributed by atoms with Crippen molar-refractivity contribution in [2.45, 2.75) is 26.4 Å². The zero-order chi connectivity index (χ0) is 22.1. The molecule has 1 saturated heterocycles. The number of rotatable bonds is 5. The van der Waals surface area contributed by atoms with Crippen LogP contribution in [0, 0.1) is 0 Å². The molecule has 2 aliphatic rings. The standard InChI is InChI=1S/C22H19BrN2O6/c1-3-12(2)31-17-6-4-13(9-16(17)23)8-15-20(26)24-22(28)25(21(15)27)14-5-7-18-19(10-14)30-11-29-18/h4-10,12H,3,11H2,1-2H3,(H,24,26,28)/b15-8+/t12-/m0/s1. The lowest BCUT2D eigenvalue weighted by Gasteiger charge is -2.26. The molecule has 2 aliphatic heterocycles. The van der Waals surface area contributed by atoms with Crippen molar-refractivity contribution in [1.29, 1.82) is 0 Å². The van der Waals surface area contributed by atoms with E-state index in [1.165, 1.54) is 12.1 Å². The van der Waals surface area contributed by atoms with Gasteiger partial charge in [0.15, 0.2) is 11.5 Å². The number of barbiturate groups is 1. The fraction of sp³-hybridized carbons (Fsp3) is 0.227. The van der Waals surface area contributed by atoms with Crippen LogP contribution in [0.1, 0.15) is 25.8 Å². The van der Waals surface area contributed by atoms with Gasteiger partial charge in [-0.15, -0.1) is 0 Å². The van der Waals surface area contributed by atoms with Gasteiger partial charge in [0.1, 0.15) is 11.3 Å². The predicted molar refractivity (Wildman–Crippen MR) is 116 cm³/mol. The van der Waals surface area contributed by atoms with E-state index >= 15 is 0 Å². The van der Waals surface area contributed by atoms with Gasteiger partial charge in [0, 0.05) is 6.07 Å². The van der Waals surface area contributed by atoms with Crippen molar-refractivity contribution in [3.63, 3.8) is 0 Å². The summed E-state index contributed by atoms with van der Waals surface area (Å²) in [4.78, 5) is 38.7. The number of hydrogen-bond acceptors (Lipinski definition) is 6. The first kappa shape index (κ1) is 20.9. The second-order valence-corrected chi connectivity index (χ2v) is 7.88. The van der Waals surface area contributed by atoms with E-state index in [9.17, 15) is 14.4 Å². The Hall–Kier alpha value is -3.33. The molecule has 2 heterocycles. The molecule has 0 unspecified atom stereocenters. The van der Waals surface area contributed by atoms with Crippen LogP contribution in [0.25, 0.3) is 6.08 Å². The highest BCUT2D eigenvalue weighted by Crippen LogP contribution is 2.36. The highest BCUT2D eigenvalue weighted by molar-refractivity contribution is 9.10. The topological polar surface area (TPSA) is 94.2 Å². The smallest absolute Gasteiger partial charge is 0.335 e. The molecule has 0 aromatic heterocycles. The van der Waals surface area contributed by atoms with E-state index in [1.807, 2.05) is 13.8 Å². The molecule has 0 radical (unpaired) electrons. The van der Waals surface area contributed by atoms with Gasteiger partial charge in [-0.25, -0.2) is 9.69 Å². The van der Waals surface area contributed by atoms with Crippen LogP contribution in [0.4, 0.5) is 10.5 Å². The van der Waals surface area contributed by atoms with Gasteiger partial charge in [-0.2, -0.15) is 0 Å². The van der Waals surface area contributed by atoms with Crippen molar-refractivity contribution >= 4 is 45.5 Å². The number of halogens is 1. The van der Waals surface area contributed by atoms with Gasteiger partial charge < -0.3 is 14.2 Å². The van der Waals surface area contributed by atoms with Crippen molar-refractivity contribution in [3.05, 3.63) is 52.0 Å². The molecule has 0 aliphatic carbocycles. The second-order valence-electron chi connectivity index (χ2n) is 7.02. The van der Waals surface area contributed by atoms with E-state index in [0.29, 0.717) is 27.3 Å². The van der Waals surface area contributed by atoms with E-state index in [4.69, 9.17) is 14.2 Å². The number of imide groups is 2. The third-order valence-corrected chi connectivity index (χ3v) is 5.51. The van der Waals surface area contributed by atoms with E-state index in [0.717, 1.165) is 11.3 Å². The monoisotopic (exact) mass is 486 g/mol. The average Bonchev–Trinajstić information content (AvgIpc) is 3.20. The van der Waals surface area contributed by atoms with Crippen LogP contribution in [-0.4, -0.2) is 30.7 Å². The Morgan fingerprint density at radius 2 is 1.94 bits per heavy atom. The van der Waals surface area contributed by atoms with Crippen LogP contribution in [0.3, 0.4) is 0 Å². The minimum atomic E-state index is -0.829. The summed E-state index contributed by atoms with van der Waals surface area (Å²) in [6, 6.07) is 9.08. The molecule has 0 spiro atoms. The largest absolute Gasteiger partial charge is 0.490 e. The van der Waals surface area contributed by atoms with Crippen molar-refractivity contribution in [1.82, 2.24) is 5.32 Å². The van der Waals surface area contributed by atoms with Gasteiger partial charge in [-0.1, -0.05) is 13.0 Å². The van der Waals surface area contributed by atoms with Gasteiger partial charge in [-0.3, -0.25) is 14.9 Å². The number of urea groups is 1. The predicted octanol–water partition coefficient (Wildman–Crippen LogP) is 4.02. The number of nitrogens with one attached hydrogen (secondary N) is 1. The molecule has 9 heteroatoms. The molecule has 2 aromatic carbocycles. The second kappa shape index (κ2) is 8.43. The average molecular weight is 487 g/mol. The van der Waals surface area contributed by atoms with Gasteiger partial charge in [0.05, 0.1) is 16.3 Å². The Labute approximate surface area is 186 Å². The van der Waals surface area contributed by atoms with Crippen LogP contribution in [0.15, 0.2) is 46.4 Å². The molecule has 160 valence electrons. The summed E-state index contributed by atoms with van der Waals surface area (Å²) in [5.41, 5.74) is 0.699. The summed E-state index contributed by atoms with van der Waals surface area (Å²) in [5, 5.41) is 2.21. The number of hydrogen-bond donors (Lipinski definition) is 1. The van der Waals surface area contributed by atoms with Gasteiger partial charge in [0.2, 0.25) is 6.79 Å². The van der Waals surface area contributed by atoms with Crippen LogP contribution < -0.4 is 24.4 Å². The maximum Gasteiger partial charge on any atom is 0.335 e. The van der Waals surface area contributed by atoms with Gasteiger partial charge in [0.25, 0.3) is 11.8 Å². The molecular weight excluding hydrogens is 468 g/mol. The molecule has 2 aromatic rings. The Balaban J connectivity index is 1.64. The number of amides is 4. The minimum Gasteiger partial charge on any atom is -0.490 e. The summed E-state index contributed by atoms with van der Waals surface area (Å²) in [5.74, 6) is 0.103. The van der Waals surface area contributed by atoms with E-state index in [2.05, 4.69) is 21.2 Å². The summed E-state index contributed by atoms with van der Waals surface area (Å²) in [6.07, 6.45) is 2.34. The third kappa shape index (κ3) is 4.13. The van der Waals surface area contributed by atoms with Crippen LogP contribution in [0.2, 0.25) is 0 Å². The molecule has 0 saturated carbocycles. The summed E-state index contributed by atoms with van der Waals surface area (Å²) >= 11 is 3.46. The highest BCUT2D eigenvalue weighted by atomic mass is 79.9. The first-order valence-electron chi connectivity index (χ1n) is 9.64. The van der Waals surface area contributed by atoms with E-state index in [1.54, 1.807) is 30.3 Å². The number of nitrogens with zero attached hydrogens (tertiary/aromatic N) is 1. The summed E-state index contributed by atoms with van der Waals surface area (Å²) < 4.78 is 17.1. The Morgan fingerprint density at radius 1 is 1.16 bits per heavy atom. The molecule has 4 rings (SSSR count). The number of benzene rings is 2. The number of carbonyl (C=O) groups excluding carboxylic acids is 3. The zero-order valence-corrected chi connectivity index (χ0v) is 18.4. The van der Waals surface area contributed by atoms with Gasteiger partial charge >= 0.3 is 6.03 Å². The van der Waals surface area contributed by atoms with Crippen molar-refractivity contribution in [2.24, 2.45) is 0 Å². The van der Waals surface area contributed by atoms with Crippen molar-refractivity contribution < 1.29 is 28.6 Å². The zero-order valence-electron chi connectivity index (χ0n) is 16.8. The first-order chi connectivity index (χ1) is 14.9. The number of ether oxygens (including phenoxy) is 3. The quantitative estimate of drug-likeness (QED) is 0.506. The maximum absolute atomic E-state index is 13.1. The van der Waals surface area contributed by atoms with E-state index in [-0.39, 0.29) is 24.2 Å². The molecule has 0 bridgehead atoms. The summed E-state index contributed by atoms with van der Waals surface area (Å²) in [7, 11) is 0. The maximum atomic E-state index is 13.1. The first-order valence-corrected chi connectivity index (χ1v) is 10.4. The fourth-order valence-electron chi connectivity index (χ4n) is 3.09. The number of carbonyl (C=O) groups is 3. The molecule has 4 amide bonds. The van der Waals surface area contributed by atoms with E-state index < -0.39 is 17.8 Å². The fourth-order valence-corrected chi connectivity index (χ4v) is 3.58. The van der Waals surface area contributed by atoms with Crippen molar-refractivity contribution in [3.8, 4) is 17.2 Å². The highest BCUT2D eigenvalue weighted by Gasteiger charge is 2.37. The molecule has 8 nitrogen and oxygen atoms in total. The summed E-state index contributed by atoms with van der Waals surface area (Å²) in [6.45, 7) is 4.06. The molecule has 1 fully saturated rings. The molecule has 1 atom stereocenters. The molecule has 31 heavy (non-hydrogen) atoms. The van der Waals surface area contributed by atoms with Crippen LogP contribution >= 0.6 is 15.9 Å². The normalized spacial score (nSPS) is 17.7. The van der Waals surface area contributed by atoms with Crippen LogP contribution in [0.5, 0.6) is 17.2 Å². The third-order valence-electron chi connectivity index (χ3n) is 4.89. The van der Waals surface area contributed by atoms with Crippen molar-refractivity contribution in [2.75, 3.05) is 11.7 Å². The molecule has 1 N–H and O–H groups in total. The minimum absolute atomic E-state index is 0.0486. The molecular formula is C22H19BrN2O6. The number of anilines is 1.